The van der Waals surface area contributed by atoms with Crippen molar-refractivity contribution in [2.45, 2.75) is 19.6 Å². The van der Waals surface area contributed by atoms with Crippen molar-refractivity contribution in [3.63, 3.8) is 0 Å². The molecule has 2 aromatic carbocycles. The van der Waals surface area contributed by atoms with Crippen LogP contribution in [0, 0.1) is 10.1 Å². The number of nitro benzene ring substituents is 1. The Hall–Kier alpha value is -3.26. The highest BCUT2D eigenvalue weighted by Gasteiger charge is 2.16. The Kier molecular flexibility index (Phi) is 5.46. The van der Waals surface area contributed by atoms with E-state index in [1.54, 1.807) is 35.8 Å². The van der Waals surface area contributed by atoms with E-state index in [4.69, 9.17) is 4.74 Å². The summed E-state index contributed by atoms with van der Waals surface area (Å²) in [6.45, 7) is 5.79. The number of carbonyl (C=O) groups excluding carboxylic acids is 1. The van der Waals surface area contributed by atoms with Crippen LogP contribution in [0.3, 0.4) is 0 Å². The molecule has 3 rings (SSSR count). The van der Waals surface area contributed by atoms with Gasteiger partial charge in [-0.15, -0.1) is 6.58 Å². The molecule has 0 N–H and O–H groups in total. The van der Waals surface area contributed by atoms with Crippen LogP contribution in [0.4, 0.5) is 5.69 Å². The minimum absolute atomic E-state index is 0.00633. The summed E-state index contributed by atoms with van der Waals surface area (Å²) < 4.78 is 8.09. The number of fused-ring (bicyclic) bond motifs is 1. The van der Waals surface area contributed by atoms with E-state index in [1.165, 1.54) is 23.5 Å². The Morgan fingerprint density at radius 1 is 1.37 bits per heavy atom. The molecular weight excluding hydrogens is 366 g/mol. The molecule has 0 saturated heterocycles. The van der Waals surface area contributed by atoms with E-state index in [0.29, 0.717) is 21.8 Å². The molecule has 0 bridgehead atoms. The van der Waals surface area contributed by atoms with E-state index in [1.807, 2.05) is 18.2 Å². The van der Waals surface area contributed by atoms with Gasteiger partial charge in [-0.25, -0.2) is 0 Å². The maximum absolute atomic E-state index is 12.5. The Bertz CT molecular complexity index is 1070. The molecule has 138 valence electrons. The second-order valence-electron chi connectivity index (χ2n) is 5.72. The molecule has 1 heterocycles. The zero-order chi connectivity index (χ0) is 19.4. The number of para-hydroxylation sites is 1. The number of thiazole rings is 1. The summed E-state index contributed by atoms with van der Waals surface area (Å²) in [4.78, 5) is 27.7. The molecule has 0 aliphatic carbocycles. The number of amides is 1. The number of carbonyl (C=O) groups is 1. The molecule has 0 aliphatic heterocycles. The first-order valence-corrected chi connectivity index (χ1v) is 9.00. The number of hydrogen-bond donors (Lipinski definition) is 0. The highest BCUT2D eigenvalue weighted by atomic mass is 32.1. The van der Waals surface area contributed by atoms with Gasteiger partial charge < -0.3 is 9.30 Å². The van der Waals surface area contributed by atoms with Gasteiger partial charge in [0.2, 0.25) is 0 Å². The number of aromatic nitrogens is 1. The molecule has 0 spiro atoms. The van der Waals surface area contributed by atoms with Gasteiger partial charge in [-0.2, -0.15) is 4.99 Å². The van der Waals surface area contributed by atoms with E-state index in [2.05, 4.69) is 11.6 Å². The molecule has 1 aromatic heterocycles. The normalized spacial score (nSPS) is 12.7. The summed E-state index contributed by atoms with van der Waals surface area (Å²) in [5, 5.41) is 11.0. The van der Waals surface area contributed by atoms with E-state index in [0.717, 1.165) is 5.52 Å². The van der Waals surface area contributed by atoms with E-state index in [-0.39, 0.29) is 5.69 Å². The smallest absolute Gasteiger partial charge is 0.289 e. The van der Waals surface area contributed by atoms with Crippen molar-refractivity contribution in [3.8, 4) is 5.75 Å². The first-order valence-electron chi connectivity index (χ1n) is 8.18. The third kappa shape index (κ3) is 4.12. The Labute approximate surface area is 159 Å². The summed E-state index contributed by atoms with van der Waals surface area (Å²) in [6, 6.07) is 13.6. The van der Waals surface area contributed by atoms with Crippen LogP contribution in [0.15, 0.2) is 66.2 Å². The molecule has 0 aliphatic rings. The van der Waals surface area contributed by atoms with Crippen LogP contribution in [-0.4, -0.2) is 21.5 Å². The SMILES string of the molecule is C=CCn1c(=NC(=O)C(C)Oc2ccccc2)sc2cc([N+](=O)[O-])ccc21. The first kappa shape index (κ1) is 18.5. The molecule has 27 heavy (non-hydrogen) atoms. The maximum atomic E-state index is 12.5. The number of benzene rings is 2. The number of nitro groups is 1. The molecule has 8 heteroatoms. The van der Waals surface area contributed by atoms with Gasteiger partial charge in [0.05, 0.1) is 15.1 Å². The molecule has 0 saturated carbocycles. The minimum atomic E-state index is -0.760. The highest BCUT2D eigenvalue weighted by molar-refractivity contribution is 7.16. The van der Waals surface area contributed by atoms with E-state index >= 15 is 0 Å². The summed E-state index contributed by atoms with van der Waals surface area (Å²) in [6.07, 6.45) is 0.921. The van der Waals surface area contributed by atoms with Gasteiger partial charge in [0.1, 0.15) is 5.75 Å². The molecule has 1 atom stereocenters. The van der Waals surface area contributed by atoms with Crippen LogP contribution in [-0.2, 0) is 11.3 Å². The average Bonchev–Trinajstić information content (AvgIpc) is 2.99. The predicted molar refractivity (Wildman–Crippen MR) is 104 cm³/mol. The fourth-order valence-corrected chi connectivity index (χ4v) is 3.58. The monoisotopic (exact) mass is 383 g/mol. The second kappa shape index (κ2) is 7.96. The van der Waals surface area contributed by atoms with Crippen LogP contribution in [0.5, 0.6) is 5.75 Å². The zero-order valence-corrected chi connectivity index (χ0v) is 15.4. The van der Waals surface area contributed by atoms with E-state index < -0.39 is 16.9 Å². The third-order valence-corrected chi connectivity index (χ3v) is 4.84. The fourth-order valence-electron chi connectivity index (χ4n) is 2.51. The van der Waals surface area contributed by atoms with Crippen LogP contribution >= 0.6 is 11.3 Å². The lowest BCUT2D eigenvalue weighted by Crippen LogP contribution is -2.25. The Balaban J connectivity index is 1.98. The molecular formula is C19H17N3O4S. The standard InChI is InChI=1S/C19H17N3O4S/c1-3-11-21-16-10-9-14(22(24)25)12-17(16)27-19(21)20-18(23)13(2)26-15-7-5-4-6-8-15/h3-10,12-13H,1,11H2,2H3. The lowest BCUT2D eigenvalue weighted by atomic mass is 10.3. The lowest BCUT2D eigenvalue weighted by molar-refractivity contribution is -0.384. The van der Waals surface area contributed by atoms with Crippen LogP contribution in [0.1, 0.15) is 6.92 Å². The number of non-ortho nitro benzene ring substituents is 1. The van der Waals surface area contributed by atoms with E-state index in [9.17, 15) is 14.9 Å². The van der Waals surface area contributed by atoms with Crippen molar-refractivity contribution >= 4 is 33.1 Å². The average molecular weight is 383 g/mol. The molecule has 0 radical (unpaired) electrons. The van der Waals surface area contributed by atoms with Crippen molar-refractivity contribution < 1.29 is 14.5 Å². The molecule has 1 unspecified atom stereocenters. The van der Waals surface area contributed by atoms with Crippen molar-refractivity contribution in [2.75, 3.05) is 0 Å². The highest BCUT2D eigenvalue weighted by Crippen LogP contribution is 2.23. The van der Waals surface area contributed by atoms with Gasteiger partial charge in [-0.05, 0) is 25.1 Å². The number of rotatable bonds is 6. The van der Waals surface area contributed by atoms with Gasteiger partial charge in [0, 0.05) is 18.7 Å². The number of ether oxygens (including phenoxy) is 1. The van der Waals surface area contributed by atoms with Crippen molar-refractivity contribution in [2.24, 2.45) is 4.99 Å². The van der Waals surface area contributed by atoms with Crippen LogP contribution in [0.2, 0.25) is 0 Å². The quantitative estimate of drug-likeness (QED) is 0.369. The Morgan fingerprint density at radius 2 is 2.11 bits per heavy atom. The summed E-state index contributed by atoms with van der Waals surface area (Å²) in [5.74, 6) is 0.150. The fraction of sp³-hybridized carbons (Fsp3) is 0.158. The number of allylic oxidation sites excluding steroid dienone is 1. The van der Waals surface area contributed by atoms with Crippen LogP contribution < -0.4 is 9.54 Å². The summed E-state index contributed by atoms with van der Waals surface area (Å²) >= 11 is 1.22. The van der Waals surface area contributed by atoms with Crippen molar-refractivity contribution in [1.82, 2.24) is 4.57 Å². The largest absolute Gasteiger partial charge is 0.481 e. The van der Waals surface area contributed by atoms with Crippen molar-refractivity contribution in [3.05, 3.63) is 76.1 Å². The topological polar surface area (TPSA) is 86.7 Å². The van der Waals surface area contributed by atoms with Gasteiger partial charge in [-0.3, -0.25) is 14.9 Å². The molecule has 0 fully saturated rings. The summed E-state index contributed by atoms with van der Waals surface area (Å²) in [5.41, 5.74) is 0.752. The van der Waals surface area contributed by atoms with Gasteiger partial charge >= 0.3 is 0 Å². The Morgan fingerprint density at radius 3 is 2.78 bits per heavy atom. The molecule has 3 aromatic rings. The molecule has 7 nitrogen and oxygen atoms in total. The number of nitrogens with zero attached hydrogens (tertiary/aromatic N) is 3. The van der Waals surface area contributed by atoms with Crippen molar-refractivity contribution in [1.29, 1.82) is 0 Å². The molecule has 1 amide bonds. The maximum Gasteiger partial charge on any atom is 0.289 e. The number of hydrogen-bond acceptors (Lipinski definition) is 5. The van der Waals surface area contributed by atoms with Gasteiger partial charge in [-0.1, -0.05) is 35.6 Å². The van der Waals surface area contributed by atoms with Gasteiger partial charge in [0.15, 0.2) is 10.9 Å². The first-order chi connectivity index (χ1) is 13.0. The predicted octanol–water partition coefficient (Wildman–Crippen LogP) is 3.69. The van der Waals surface area contributed by atoms with Crippen LogP contribution in [0.25, 0.3) is 10.2 Å². The zero-order valence-electron chi connectivity index (χ0n) is 14.6. The second-order valence-corrected chi connectivity index (χ2v) is 6.73. The van der Waals surface area contributed by atoms with Gasteiger partial charge in [0.25, 0.3) is 11.6 Å². The third-order valence-electron chi connectivity index (χ3n) is 3.80. The minimum Gasteiger partial charge on any atom is -0.481 e. The lowest BCUT2D eigenvalue weighted by Gasteiger charge is -2.10. The summed E-state index contributed by atoms with van der Waals surface area (Å²) in [7, 11) is 0.